The van der Waals surface area contributed by atoms with Crippen molar-refractivity contribution in [1.82, 2.24) is 0 Å². The third-order valence-corrected chi connectivity index (χ3v) is 2.78. The third kappa shape index (κ3) is 3.85. The molecule has 0 aliphatic rings. The number of thioether (sulfide) groups is 1. The summed E-state index contributed by atoms with van der Waals surface area (Å²) >= 11 is 0.324. The van der Waals surface area contributed by atoms with Crippen LogP contribution in [-0.4, -0.2) is 34.1 Å². The van der Waals surface area contributed by atoms with E-state index >= 15 is 0 Å². The lowest BCUT2D eigenvalue weighted by molar-refractivity contribution is -0.125. The third-order valence-electron chi connectivity index (χ3n) is 1.31. The number of carbonyl (C=O) groups excluding carboxylic acids is 4. The van der Waals surface area contributed by atoms with Crippen LogP contribution in [0.1, 0.15) is 0 Å². The van der Waals surface area contributed by atoms with Crippen molar-refractivity contribution in [2.45, 2.75) is 10.5 Å². The first-order valence-corrected chi connectivity index (χ1v) is 4.54. The zero-order valence-corrected chi connectivity index (χ0v) is 8.32. The highest BCUT2D eigenvalue weighted by Gasteiger charge is 2.32. The number of nitrogens with two attached hydrogens (primary N) is 4. The molecule has 0 saturated carbocycles. The van der Waals surface area contributed by atoms with Crippen molar-refractivity contribution in [3.05, 3.63) is 0 Å². The molecule has 0 saturated heterocycles. The second-order valence-electron chi connectivity index (χ2n) is 2.51. The van der Waals surface area contributed by atoms with E-state index in [-0.39, 0.29) is 0 Å². The molecule has 4 amide bonds. The van der Waals surface area contributed by atoms with E-state index in [2.05, 4.69) is 0 Å². The molecule has 84 valence electrons. The summed E-state index contributed by atoms with van der Waals surface area (Å²) in [5.41, 5.74) is 19.3. The molecule has 0 aromatic rings. The average Bonchev–Trinajstić information content (AvgIpc) is 2.01. The largest absolute Gasteiger partial charge is 0.368 e. The minimum absolute atomic E-state index is 0.324. The Morgan fingerprint density at radius 3 is 1.00 bits per heavy atom. The van der Waals surface area contributed by atoms with Crippen molar-refractivity contribution < 1.29 is 19.2 Å². The Kier molecular flexibility index (Phi) is 4.58. The van der Waals surface area contributed by atoms with Gasteiger partial charge in [-0.05, 0) is 0 Å². The highest BCUT2D eigenvalue weighted by Crippen LogP contribution is 2.17. The summed E-state index contributed by atoms with van der Waals surface area (Å²) < 4.78 is 0. The Bertz CT molecular complexity index is 260. The Hall–Kier alpha value is -1.77. The van der Waals surface area contributed by atoms with Crippen LogP contribution in [0.15, 0.2) is 0 Å². The summed E-state index contributed by atoms with van der Waals surface area (Å²) in [6.07, 6.45) is 0. The lowest BCUT2D eigenvalue weighted by Gasteiger charge is -2.13. The van der Waals surface area contributed by atoms with Gasteiger partial charge in [0.1, 0.15) is 0 Å². The number of hydrogen-bond acceptors (Lipinski definition) is 5. The van der Waals surface area contributed by atoms with Crippen molar-refractivity contribution in [3.63, 3.8) is 0 Å². The van der Waals surface area contributed by atoms with Crippen molar-refractivity contribution in [2.24, 2.45) is 22.9 Å². The molecule has 0 spiro atoms. The summed E-state index contributed by atoms with van der Waals surface area (Å²) in [6, 6.07) is 0. The quantitative estimate of drug-likeness (QED) is 0.347. The highest BCUT2D eigenvalue weighted by molar-refractivity contribution is 8.03. The van der Waals surface area contributed by atoms with Gasteiger partial charge in [-0.1, -0.05) is 0 Å². The Balaban J connectivity index is 4.77. The maximum absolute atomic E-state index is 10.7. The number of amides is 4. The molecule has 0 unspecified atom stereocenters. The minimum atomic E-state index is -1.52. The van der Waals surface area contributed by atoms with Crippen LogP contribution in [-0.2, 0) is 19.2 Å². The van der Waals surface area contributed by atoms with E-state index in [0.29, 0.717) is 11.8 Å². The normalized spacial score (nSPS) is 10.3. The highest BCUT2D eigenvalue weighted by atomic mass is 32.2. The van der Waals surface area contributed by atoms with Gasteiger partial charge in [0.25, 0.3) is 0 Å². The first kappa shape index (κ1) is 13.2. The standard InChI is InChI=1S/C6H10N4O4S/c7-3(11)1(4(8)12)15-2(5(9)13)6(10)14/h1-2H,(H2,7,11)(H2,8,12)(H2,9,13)(H2,10,14). The van der Waals surface area contributed by atoms with Gasteiger partial charge in [-0.15, -0.1) is 11.8 Å². The maximum Gasteiger partial charge on any atom is 0.240 e. The van der Waals surface area contributed by atoms with Crippen molar-refractivity contribution in [1.29, 1.82) is 0 Å². The molecule has 0 aromatic carbocycles. The van der Waals surface area contributed by atoms with Gasteiger partial charge in [0.15, 0.2) is 10.5 Å². The fourth-order valence-electron chi connectivity index (χ4n) is 0.685. The predicted octanol–water partition coefficient (Wildman–Crippen LogP) is -3.60. The van der Waals surface area contributed by atoms with Crippen molar-refractivity contribution in [2.75, 3.05) is 0 Å². The zero-order chi connectivity index (χ0) is 12.2. The van der Waals surface area contributed by atoms with Crippen LogP contribution in [0.4, 0.5) is 0 Å². The van der Waals surface area contributed by atoms with Crippen LogP contribution in [0.5, 0.6) is 0 Å². The van der Waals surface area contributed by atoms with Gasteiger partial charge in [-0.25, -0.2) is 0 Å². The number of hydrogen-bond donors (Lipinski definition) is 4. The number of carbonyl (C=O) groups is 4. The van der Waals surface area contributed by atoms with E-state index in [1.807, 2.05) is 0 Å². The number of primary amides is 4. The summed E-state index contributed by atoms with van der Waals surface area (Å²) in [4.78, 5) is 42.9. The average molecular weight is 234 g/mol. The molecule has 15 heavy (non-hydrogen) atoms. The van der Waals surface area contributed by atoms with E-state index in [1.54, 1.807) is 0 Å². The van der Waals surface area contributed by atoms with E-state index in [0.717, 1.165) is 0 Å². The fraction of sp³-hybridized carbons (Fsp3) is 0.333. The molecule has 8 nitrogen and oxygen atoms in total. The lowest BCUT2D eigenvalue weighted by atomic mass is 10.4. The van der Waals surface area contributed by atoms with Crippen LogP contribution >= 0.6 is 11.8 Å². The molecule has 0 heterocycles. The van der Waals surface area contributed by atoms with Gasteiger partial charge in [-0.2, -0.15) is 0 Å². The predicted molar refractivity (Wildman–Crippen MR) is 51.9 cm³/mol. The molecule has 8 N–H and O–H groups in total. The van der Waals surface area contributed by atoms with Gasteiger partial charge in [0.2, 0.25) is 23.6 Å². The topological polar surface area (TPSA) is 172 Å². The van der Waals surface area contributed by atoms with Crippen LogP contribution in [0.2, 0.25) is 0 Å². The first-order valence-electron chi connectivity index (χ1n) is 3.60. The van der Waals surface area contributed by atoms with Gasteiger partial charge in [0.05, 0.1) is 0 Å². The van der Waals surface area contributed by atoms with Crippen molar-refractivity contribution >= 4 is 35.4 Å². The van der Waals surface area contributed by atoms with E-state index in [1.165, 1.54) is 0 Å². The monoisotopic (exact) mass is 234 g/mol. The second kappa shape index (κ2) is 5.20. The minimum Gasteiger partial charge on any atom is -0.368 e. The van der Waals surface area contributed by atoms with E-state index < -0.39 is 34.1 Å². The second-order valence-corrected chi connectivity index (χ2v) is 3.72. The summed E-state index contributed by atoms with van der Waals surface area (Å²) in [5, 5.41) is -3.04. The molecular weight excluding hydrogens is 224 g/mol. The fourth-order valence-corrected chi connectivity index (χ4v) is 1.49. The SMILES string of the molecule is NC(=O)C(SC(C(N)=O)C(N)=O)C(N)=O. The molecule has 0 radical (unpaired) electrons. The summed E-state index contributed by atoms with van der Waals surface area (Å²) in [7, 11) is 0. The van der Waals surface area contributed by atoms with Gasteiger partial charge >= 0.3 is 0 Å². The van der Waals surface area contributed by atoms with Crippen LogP contribution in [0, 0.1) is 0 Å². The van der Waals surface area contributed by atoms with E-state index in [4.69, 9.17) is 22.9 Å². The van der Waals surface area contributed by atoms with Gasteiger partial charge < -0.3 is 22.9 Å². The Labute approximate surface area is 88.7 Å². The summed E-state index contributed by atoms with van der Waals surface area (Å²) in [6.45, 7) is 0. The molecule has 0 aliphatic carbocycles. The van der Waals surface area contributed by atoms with Gasteiger partial charge in [-0.3, -0.25) is 19.2 Å². The number of rotatable bonds is 6. The summed E-state index contributed by atoms with van der Waals surface area (Å²) in [5.74, 6) is -4.28. The maximum atomic E-state index is 10.7. The lowest BCUT2D eigenvalue weighted by Crippen LogP contribution is -2.45. The van der Waals surface area contributed by atoms with Gasteiger partial charge in [0, 0.05) is 0 Å². The molecule has 0 rings (SSSR count). The molecule has 0 atom stereocenters. The van der Waals surface area contributed by atoms with Crippen LogP contribution < -0.4 is 22.9 Å². The Morgan fingerprint density at radius 1 is 0.667 bits per heavy atom. The zero-order valence-electron chi connectivity index (χ0n) is 7.51. The molecule has 0 bridgehead atoms. The Morgan fingerprint density at radius 2 is 0.867 bits per heavy atom. The smallest absolute Gasteiger partial charge is 0.240 e. The molecule has 9 heteroatoms. The molecule has 0 aromatic heterocycles. The van der Waals surface area contributed by atoms with Crippen LogP contribution in [0.3, 0.4) is 0 Å². The van der Waals surface area contributed by atoms with Crippen LogP contribution in [0.25, 0.3) is 0 Å². The van der Waals surface area contributed by atoms with E-state index in [9.17, 15) is 19.2 Å². The first-order chi connectivity index (χ1) is 6.77. The molecule has 0 fully saturated rings. The van der Waals surface area contributed by atoms with Crippen molar-refractivity contribution in [3.8, 4) is 0 Å². The molecule has 0 aliphatic heterocycles. The molecular formula is C6H10N4O4S.